The normalized spacial score (nSPS) is 12.4. The lowest BCUT2D eigenvalue weighted by Gasteiger charge is -2.10. The molecule has 7 heteroatoms. The summed E-state index contributed by atoms with van der Waals surface area (Å²) in [7, 11) is 0. The molecule has 1 aromatic heterocycles. The van der Waals surface area contributed by atoms with Crippen LogP contribution in [0.5, 0.6) is 17.2 Å². The minimum Gasteiger partial charge on any atom is -0.507 e. The molecule has 3 aromatic rings. The highest BCUT2D eigenvalue weighted by Gasteiger charge is 2.18. The zero-order chi connectivity index (χ0) is 19.8. The summed E-state index contributed by atoms with van der Waals surface area (Å²) in [6.07, 6.45) is -0.137. The van der Waals surface area contributed by atoms with E-state index in [1.54, 1.807) is 38.1 Å². The number of hydrogen-bond donors (Lipinski definition) is 2. The van der Waals surface area contributed by atoms with Gasteiger partial charge in [-0.25, -0.2) is 4.79 Å². The van der Waals surface area contributed by atoms with E-state index in [1.165, 1.54) is 0 Å². The summed E-state index contributed by atoms with van der Waals surface area (Å²) in [5.74, 6) is 1.02. The number of carbonyl (C=O) groups is 1. The Bertz CT molecular complexity index is 1150. The number of fused-ring (bicyclic) bond motifs is 2. The van der Waals surface area contributed by atoms with Gasteiger partial charge in [0.15, 0.2) is 11.5 Å². The Morgan fingerprint density at radius 1 is 1.14 bits per heavy atom. The Hall–Kier alpha value is -3.48. The van der Waals surface area contributed by atoms with E-state index in [0.717, 1.165) is 11.1 Å². The second kappa shape index (κ2) is 6.92. The smallest absolute Gasteiger partial charge is 0.340 e. The maximum absolute atomic E-state index is 12.4. The highest BCUT2D eigenvalue weighted by atomic mass is 16.7. The van der Waals surface area contributed by atoms with Crippen molar-refractivity contribution >= 4 is 16.9 Å². The maximum atomic E-state index is 12.4. The first-order chi connectivity index (χ1) is 13.4. The number of hydrogen-bond acceptors (Lipinski definition) is 6. The topological polar surface area (TPSA) is 98.0 Å². The number of aromatic hydroxyl groups is 1. The minimum atomic E-state index is -0.576. The second-order valence-electron chi connectivity index (χ2n) is 6.79. The van der Waals surface area contributed by atoms with Crippen molar-refractivity contribution < 1.29 is 23.8 Å². The quantitative estimate of drug-likeness (QED) is 0.675. The van der Waals surface area contributed by atoms with Gasteiger partial charge < -0.3 is 24.3 Å². The highest BCUT2D eigenvalue weighted by molar-refractivity contribution is 5.89. The molecule has 0 saturated carbocycles. The molecule has 2 heterocycles. The van der Waals surface area contributed by atoms with E-state index >= 15 is 0 Å². The Morgan fingerprint density at radius 3 is 2.75 bits per heavy atom. The summed E-state index contributed by atoms with van der Waals surface area (Å²) in [6, 6.07) is 8.71. The number of phenols is 1. The fourth-order valence-corrected chi connectivity index (χ4v) is 3.34. The predicted molar refractivity (Wildman–Crippen MR) is 102 cm³/mol. The fraction of sp³-hybridized carbons (Fsp3) is 0.238. The summed E-state index contributed by atoms with van der Waals surface area (Å²) in [6.45, 7) is 3.98. The Morgan fingerprint density at radius 2 is 1.93 bits per heavy atom. The van der Waals surface area contributed by atoms with Crippen LogP contribution in [-0.2, 0) is 17.8 Å². The largest absolute Gasteiger partial charge is 0.507 e. The van der Waals surface area contributed by atoms with Crippen molar-refractivity contribution in [3.05, 3.63) is 63.0 Å². The van der Waals surface area contributed by atoms with E-state index in [4.69, 9.17) is 13.9 Å². The van der Waals surface area contributed by atoms with Crippen molar-refractivity contribution in [2.75, 3.05) is 6.79 Å². The van der Waals surface area contributed by atoms with Gasteiger partial charge in [-0.2, -0.15) is 0 Å². The van der Waals surface area contributed by atoms with Crippen molar-refractivity contribution in [3.8, 4) is 17.2 Å². The molecule has 0 bridgehead atoms. The number of nitrogens with one attached hydrogen (secondary N) is 1. The van der Waals surface area contributed by atoms with Gasteiger partial charge in [-0.05, 0) is 54.8 Å². The Kier molecular flexibility index (Phi) is 4.43. The average Bonchev–Trinajstić information content (AvgIpc) is 3.10. The zero-order valence-corrected chi connectivity index (χ0v) is 15.5. The number of carbonyl (C=O) groups excluding carboxylic acids is 1. The first-order valence-corrected chi connectivity index (χ1v) is 8.83. The molecule has 0 unspecified atom stereocenters. The van der Waals surface area contributed by atoms with Gasteiger partial charge in [0.2, 0.25) is 12.7 Å². The average molecular weight is 381 g/mol. The molecular formula is C21H19NO6. The summed E-state index contributed by atoms with van der Waals surface area (Å²) in [5, 5.41) is 13.5. The number of rotatable bonds is 4. The molecule has 0 aliphatic carbocycles. The molecule has 2 N–H and O–H groups in total. The van der Waals surface area contributed by atoms with Crippen LogP contribution in [0, 0.1) is 13.8 Å². The fourth-order valence-electron chi connectivity index (χ4n) is 3.34. The van der Waals surface area contributed by atoms with Gasteiger partial charge in [0.1, 0.15) is 11.3 Å². The SMILES string of the molecule is Cc1cc(O)c2c(C)c(CC(=O)NCc3ccc4c(c3)OCO4)c(=O)oc2c1. The van der Waals surface area contributed by atoms with E-state index in [-0.39, 0.29) is 37.0 Å². The number of benzene rings is 2. The summed E-state index contributed by atoms with van der Waals surface area (Å²) in [4.78, 5) is 24.7. The van der Waals surface area contributed by atoms with Crippen LogP contribution in [0.25, 0.3) is 11.0 Å². The monoisotopic (exact) mass is 381 g/mol. The van der Waals surface area contributed by atoms with Crippen molar-refractivity contribution in [2.45, 2.75) is 26.8 Å². The number of aryl methyl sites for hydroxylation is 2. The van der Waals surface area contributed by atoms with Crippen LogP contribution in [0.1, 0.15) is 22.3 Å². The molecule has 1 aliphatic rings. The molecule has 0 radical (unpaired) electrons. The second-order valence-corrected chi connectivity index (χ2v) is 6.79. The van der Waals surface area contributed by atoms with Gasteiger partial charge in [0.25, 0.3) is 0 Å². The van der Waals surface area contributed by atoms with Crippen molar-refractivity contribution in [3.63, 3.8) is 0 Å². The first-order valence-electron chi connectivity index (χ1n) is 8.83. The molecule has 144 valence electrons. The lowest BCUT2D eigenvalue weighted by Crippen LogP contribution is -2.27. The van der Waals surface area contributed by atoms with Crippen molar-refractivity contribution in [1.82, 2.24) is 5.32 Å². The molecule has 0 fully saturated rings. The predicted octanol–water partition coefficient (Wildman–Crippen LogP) is 2.70. The standard InChI is InChI=1S/C21H19NO6/c1-11-5-15(23)20-12(2)14(21(25)28-18(20)6-11)8-19(24)22-9-13-3-4-16-17(7-13)27-10-26-16/h3-7,23H,8-10H2,1-2H3,(H,22,24). The van der Waals surface area contributed by atoms with Gasteiger partial charge in [-0.3, -0.25) is 4.79 Å². The number of amides is 1. The van der Waals surface area contributed by atoms with Crippen LogP contribution in [-0.4, -0.2) is 17.8 Å². The van der Waals surface area contributed by atoms with Crippen molar-refractivity contribution in [1.29, 1.82) is 0 Å². The molecule has 7 nitrogen and oxygen atoms in total. The van der Waals surface area contributed by atoms with Crippen LogP contribution in [0.3, 0.4) is 0 Å². The van der Waals surface area contributed by atoms with Crippen LogP contribution in [0.4, 0.5) is 0 Å². The van der Waals surface area contributed by atoms with Gasteiger partial charge in [-0.15, -0.1) is 0 Å². The van der Waals surface area contributed by atoms with Crippen LogP contribution in [0.15, 0.2) is 39.5 Å². The lowest BCUT2D eigenvalue weighted by molar-refractivity contribution is -0.120. The van der Waals surface area contributed by atoms with Crippen molar-refractivity contribution in [2.24, 2.45) is 0 Å². The molecule has 4 rings (SSSR count). The molecule has 28 heavy (non-hydrogen) atoms. The Labute approximate surface area is 160 Å². The number of phenolic OH excluding ortho intramolecular Hbond substituents is 1. The third-order valence-electron chi connectivity index (χ3n) is 4.77. The molecule has 0 atom stereocenters. The van der Waals surface area contributed by atoms with E-state index in [9.17, 15) is 14.7 Å². The highest BCUT2D eigenvalue weighted by Crippen LogP contribution is 2.32. The third kappa shape index (κ3) is 3.26. The van der Waals surface area contributed by atoms with Crippen LogP contribution in [0.2, 0.25) is 0 Å². The van der Waals surface area contributed by atoms with E-state index in [1.807, 2.05) is 6.07 Å². The van der Waals surface area contributed by atoms with E-state index < -0.39 is 5.63 Å². The van der Waals surface area contributed by atoms with Gasteiger partial charge in [-0.1, -0.05) is 6.07 Å². The van der Waals surface area contributed by atoms with Crippen LogP contribution < -0.4 is 20.4 Å². The Balaban J connectivity index is 1.53. The summed E-state index contributed by atoms with van der Waals surface area (Å²) < 4.78 is 15.9. The molecule has 1 aliphatic heterocycles. The molecule has 0 spiro atoms. The first kappa shape index (κ1) is 17.9. The van der Waals surface area contributed by atoms with E-state index in [0.29, 0.717) is 28.0 Å². The van der Waals surface area contributed by atoms with Gasteiger partial charge in [0, 0.05) is 6.54 Å². The number of ether oxygens (including phenoxy) is 2. The molecular weight excluding hydrogens is 362 g/mol. The van der Waals surface area contributed by atoms with Crippen LogP contribution >= 0.6 is 0 Å². The third-order valence-corrected chi connectivity index (χ3v) is 4.77. The van der Waals surface area contributed by atoms with Gasteiger partial charge >= 0.3 is 5.63 Å². The zero-order valence-electron chi connectivity index (χ0n) is 15.5. The molecule has 2 aromatic carbocycles. The molecule has 1 amide bonds. The maximum Gasteiger partial charge on any atom is 0.340 e. The minimum absolute atomic E-state index is 0.0262. The summed E-state index contributed by atoms with van der Waals surface area (Å²) >= 11 is 0. The van der Waals surface area contributed by atoms with Gasteiger partial charge in [0.05, 0.1) is 17.4 Å². The summed E-state index contributed by atoms with van der Waals surface area (Å²) in [5.41, 5.74) is 2.14. The lowest BCUT2D eigenvalue weighted by atomic mass is 10.0. The van der Waals surface area contributed by atoms with E-state index in [2.05, 4.69) is 5.32 Å². The molecule has 0 saturated heterocycles.